The van der Waals surface area contributed by atoms with Gasteiger partial charge in [-0.3, -0.25) is 0 Å². The van der Waals surface area contributed by atoms with Gasteiger partial charge in [0.05, 0.1) is 10.0 Å². The van der Waals surface area contributed by atoms with Crippen molar-refractivity contribution in [3.05, 3.63) is 33.8 Å². The predicted molar refractivity (Wildman–Crippen MR) is 85.6 cm³/mol. The summed E-state index contributed by atoms with van der Waals surface area (Å²) in [6, 6.07) is 7.00. The maximum absolute atomic E-state index is 6.28. The van der Waals surface area contributed by atoms with Crippen LogP contribution in [0.2, 0.25) is 10.0 Å². The average Bonchev–Trinajstić information content (AvgIpc) is 3.18. The lowest BCUT2D eigenvalue weighted by atomic mass is 10.1. The van der Waals surface area contributed by atoms with Crippen molar-refractivity contribution in [3.63, 3.8) is 0 Å². The fraction of sp³-hybridized carbons (Fsp3) is 0.625. The first-order valence-corrected chi connectivity index (χ1v) is 8.32. The number of hydrogen-bond acceptors (Lipinski definition) is 2. The van der Waals surface area contributed by atoms with E-state index in [1.165, 1.54) is 32.4 Å². The Morgan fingerprint density at radius 3 is 2.85 bits per heavy atom. The minimum absolute atomic E-state index is 0.246. The number of hydrogen-bond donors (Lipinski definition) is 1. The van der Waals surface area contributed by atoms with Crippen molar-refractivity contribution >= 4 is 23.2 Å². The Morgan fingerprint density at radius 2 is 2.10 bits per heavy atom. The fourth-order valence-corrected chi connectivity index (χ4v) is 3.58. The van der Waals surface area contributed by atoms with Gasteiger partial charge in [0.15, 0.2) is 0 Å². The van der Waals surface area contributed by atoms with Crippen LogP contribution in [-0.2, 0) is 0 Å². The van der Waals surface area contributed by atoms with Crippen LogP contribution in [0.4, 0.5) is 0 Å². The Morgan fingerprint density at radius 1 is 1.30 bits per heavy atom. The topological polar surface area (TPSA) is 15.3 Å². The molecular formula is C16H22Cl2N2. The summed E-state index contributed by atoms with van der Waals surface area (Å²) in [5.74, 6) is 0.774. The maximum atomic E-state index is 6.28. The second kappa shape index (κ2) is 6.23. The number of benzene rings is 1. The highest BCUT2D eigenvalue weighted by molar-refractivity contribution is 6.42. The molecule has 0 spiro atoms. The lowest BCUT2D eigenvalue weighted by Crippen LogP contribution is -2.29. The molecule has 2 atom stereocenters. The smallest absolute Gasteiger partial charge is 0.0639 e. The van der Waals surface area contributed by atoms with Crippen LogP contribution in [0.1, 0.15) is 37.8 Å². The van der Waals surface area contributed by atoms with E-state index < -0.39 is 0 Å². The first-order chi connectivity index (χ1) is 9.65. The van der Waals surface area contributed by atoms with Crippen LogP contribution in [0.25, 0.3) is 0 Å². The Kier molecular flexibility index (Phi) is 4.56. The van der Waals surface area contributed by atoms with Crippen LogP contribution in [0.15, 0.2) is 18.2 Å². The van der Waals surface area contributed by atoms with Crippen molar-refractivity contribution < 1.29 is 0 Å². The molecule has 0 amide bonds. The molecule has 1 saturated heterocycles. The Bertz CT molecular complexity index is 474. The second-order valence-corrected chi connectivity index (χ2v) is 6.94. The van der Waals surface area contributed by atoms with Gasteiger partial charge in [0.2, 0.25) is 0 Å². The average molecular weight is 313 g/mol. The van der Waals surface area contributed by atoms with Crippen LogP contribution < -0.4 is 5.32 Å². The SMILES string of the molecule is CC(NCC1CCN(C2CC2)C1)c1cccc(Cl)c1Cl. The molecular weight excluding hydrogens is 291 g/mol. The summed E-state index contributed by atoms with van der Waals surface area (Å²) in [5.41, 5.74) is 1.09. The zero-order valence-corrected chi connectivity index (χ0v) is 13.4. The molecule has 2 fully saturated rings. The summed E-state index contributed by atoms with van der Waals surface area (Å²) in [6.07, 6.45) is 4.14. The second-order valence-electron chi connectivity index (χ2n) is 6.15. The normalized spacial score (nSPS) is 25.1. The van der Waals surface area contributed by atoms with E-state index in [-0.39, 0.29) is 6.04 Å². The van der Waals surface area contributed by atoms with E-state index in [0.717, 1.165) is 24.1 Å². The van der Waals surface area contributed by atoms with Crippen LogP contribution in [-0.4, -0.2) is 30.6 Å². The van der Waals surface area contributed by atoms with E-state index in [2.05, 4.69) is 23.2 Å². The van der Waals surface area contributed by atoms with Crippen molar-refractivity contribution in [3.8, 4) is 0 Å². The molecule has 3 rings (SSSR count). The van der Waals surface area contributed by atoms with E-state index in [0.29, 0.717) is 10.0 Å². The van der Waals surface area contributed by atoms with Crippen molar-refractivity contribution in [1.82, 2.24) is 10.2 Å². The van der Waals surface area contributed by atoms with Crippen LogP contribution in [0, 0.1) is 5.92 Å². The van der Waals surface area contributed by atoms with Gasteiger partial charge >= 0.3 is 0 Å². The number of likely N-dealkylation sites (tertiary alicyclic amines) is 1. The minimum Gasteiger partial charge on any atom is -0.310 e. The van der Waals surface area contributed by atoms with Gasteiger partial charge < -0.3 is 10.2 Å². The van der Waals surface area contributed by atoms with Crippen LogP contribution >= 0.6 is 23.2 Å². The third-order valence-electron chi connectivity index (χ3n) is 4.54. The van der Waals surface area contributed by atoms with Gasteiger partial charge in [-0.25, -0.2) is 0 Å². The number of nitrogens with zero attached hydrogens (tertiary/aromatic N) is 1. The molecule has 2 nitrogen and oxygen atoms in total. The summed E-state index contributed by atoms with van der Waals surface area (Å²) in [5, 5.41) is 4.94. The highest BCUT2D eigenvalue weighted by atomic mass is 35.5. The van der Waals surface area contributed by atoms with Crippen molar-refractivity contribution in [2.45, 2.75) is 38.3 Å². The zero-order chi connectivity index (χ0) is 14.1. The molecule has 4 heteroatoms. The number of halogens is 2. The molecule has 1 aromatic rings. The minimum atomic E-state index is 0.246. The molecule has 1 saturated carbocycles. The van der Waals surface area contributed by atoms with Crippen LogP contribution in [0.3, 0.4) is 0 Å². The molecule has 2 aliphatic rings. The van der Waals surface area contributed by atoms with E-state index in [1.54, 1.807) is 0 Å². The van der Waals surface area contributed by atoms with Gasteiger partial charge in [-0.05, 0) is 56.8 Å². The van der Waals surface area contributed by atoms with Crippen LogP contribution in [0.5, 0.6) is 0 Å². The highest BCUT2D eigenvalue weighted by Crippen LogP contribution is 2.32. The lowest BCUT2D eigenvalue weighted by Gasteiger charge is -2.19. The fourth-order valence-electron chi connectivity index (χ4n) is 3.11. The monoisotopic (exact) mass is 312 g/mol. The highest BCUT2D eigenvalue weighted by Gasteiger charge is 2.34. The molecule has 0 aromatic heterocycles. The molecule has 2 unspecified atom stereocenters. The first-order valence-electron chi connectivity index (χ1n) is 7.56. The quantitative estimate of drug-likeness (QED) is 0.879. The molecule has 0 radical (unpaired) electrons. The summed E-state index contributed by atoms with van der Waals surface area (Å²) < 4.78 is 0. The van der Waals surface area contributed by atoms with E-state index in [9.17, 15) is 0 Å². The first kappa shape index (κ1) is 14.6. The Labute approximate surface area is 131 Å². The third-order valence-corrected chi connectivity index (χ3v) is 5.37. The van der Waals surface area contributed by atoms with Gasteiger partial charge in [-0.2, -0.15) is 0 Å². The lowest BCUT2D eigenvalue weighted by molar-refractivity contribution is 0.310. The van der Waals surface area contributed by atoms with E-state index >= 15 is 0 Å². The van der Waals surface area contributed by atoms with Crippen molar-refractivity contribution in [2.75, 3.05) is 19.6 Å². The van der Waals surface area contributed by atoms with Gasteiger partial charge in [-0.15, -0.1) is 0 Å². The molecule has 1 heterocycles. The van der Waals surface area contributed by atoms with E-state index in [1.807, 2.05) is 12.1 Å². The van der Waals surface area contributed by atoms with Gasteiger partial charge in [0.25, 0.3) is 0 Å². The molecule has 0 bridgehead atoms. The summed E-state index contributed by atoms with van der Waals surface area (Å²) in [7, 11) is 0. The molecule has 20 heavy (non-hydrogen) atoms. The zero-order valence-electron chi connectivity index (χ0n) is 11.9. The Balaban J connectivity index is 1.51. The number of rotatable bonds is 5. The maximum Gasteiger partial charge on any atom is 0.0639 e. The molecule has 110 valence electrons. The summed E-state index contributed by atoms with van der Waals surface area (Å²) in [4.78, 5) is 2.66. The molecule has 1 N–H and O–H groups in total. The van der Waals surface area contributed by atoms with Crippen molar-refractivity contribution in [1.29, 1.82) is 0 Å². The summed E-state index contributed by atoms with van der Waals surface area (Å²) >= 11 is 12.4. The van der Waals surface area contributed by atoms with Gasteiger partial charge in [0.1, 0.15) is 0 Å². The molecule has 1 aromatic carbocycles. The van der Waals surface area contributed by atoms with Gasteiger partial charge in [0, 0.05) is 18.6 Å². The van der Waals surface area contributed by atoms with Crippen molar-refractivity contribution in [2.24, 2.45) is 5.92 Å². The number of nitrogens with one attached hydrogen (secondary N) is 1. The summed E-state index contributed by atoms with van der Waals surface area (Å²) in [6.45, 7) is 5.76. The molecule has 1 aliphatic heterocycles. The Hall–Kier alpha value is -0.280. The van der Waals surface area contributed by atoms with Gasteiger partial charge in [-0.1, -0.05) is 35.3 Å². The van der Waals surface area contributed by atoms with E-state index in [4.69, 9.17) is 23.2 Å². The predicted octanol–water partition coefficient (Wildman–Crippen LogP) is 4.13. The molecule has 1 aliphatic carbocycles. The largest absolute Gasteiger partial charge is 0.310 e. The third kappa shape index (κ3) is 3.30. The standard InChI is InChI=1S/C16H22Cl2N2/c1-11(14-3-2-4-15(17)16(14)18)19-9-12-7-8-20(10-12)13-5-6-13/h2-4,11-13,19H,5-10H2,1H3.